The fraction of sp³-hybridized carbons (Fsp3) is 0.214. The Balaban J connectivity index is 2.26. The lowest BCUT2D eigenvalue weighted by Crippen LogP contribution is -2.30. The predicted octanol–water partition coefficient (Wildman–Crippen LogP) is 2.42. The summed E-state index contributed by atoms with van der Waals surface area (Å²) < 4.78 is 26.8. The van der Waals surface area contributed by atoms with E-state index >= 15 is 0 Å². The van der Waals surface area contributed by atoms with Crippen LogP contribution in [0.1, 0.15) is 22.9 Å². The maximum atomic E-state index is 13.6. The fourth-order valence-corrected chi connectivity index (χ4v) is 1.93. The summed E-state index contributed by atoms with van der Waals surface area (Å²) in [5, 5.41) is 0. The molecule has 2 aromatic rings. The number of halogens is 2. The number of rotatable bonds is 4. The van der Waals surface area contributed by atoms with E-state index in [0.29, 0.717) is 5.69 Å². The molecule has 0 aliphatic carbocycles. The van der Waals surface area contributed by atoms with Crippen LogP contribution in [-0.2, 0) is 6.42 Å². The number of pyridine rings is 1. The van der Waals surface area contributed by atoms with Crippen molar-refractivity contribution >= 4 is 0 Å². The summed E-state index contributed by atoms with van der Waals surface area (Å²) in [6.45, 7) is 1.93. The first kappa shape index (κ1) is 13.6. The van der Waals surface area contributed by atoms with Gasteiger partial charge in [-0.2, -0.15) is 0 Å². The van der Waals surface area contributed by atoms with Gasteiger partial charge in [-0.1, -0.05) is 12.1 Å². The number of benzene rings is 1. The van der Waals surface area contributed by atoms with E-state index in [0.717, 1.165) is 11.6 Å². The molecule has 0 amide bonds. The van der Waals surface area contributed by atoms with Crippen LogP contribution in [0.4, 0.5) is 8.78 Å². The molecule has 1 aromatic heterocycles. The van der Waals surface area contributed by atoms with Gasteiger partial charge in [-0.3, -0.25) is 16.3 Å². The number of nitrogens with one attached hydrogen (secondary N) is 1. The van der Waals surface area contributed by atoms with Gasteiger partial charge < -0.3 is 0 Å². The molecule has 0 saturated carbocycles. The third-order valence-corrected chi connectivity index (χ3v) is 2.95. The normalized spacial score (nSPS) is 12.4. The van der Waals surface area contributed by atoms with Gasteiger partial charge in [-0.15, -0.1) is 0 Å². The first-order valence-electron chi connectivity index (χ1n) is 5.93. The largest absolute Gasteiger partial charge is 0.271 e. The van der Waals surface area contributed by atoms with Crippen molar-refractivity contribution in [2.45, 2.75) is 19.4 Å². The Kier molecular flexibility index (Phi) is 4.19. The number of nitrogens with two attached hydrogens (primary N) is 1. The lowest BCUT2D eigenvalue weighted by Gasteiger charge is -2.16. The van der Waals surface area contributed by atoms with Gasteiger partial charge in [0.1, 0.15) is 0 Å². The second kappa shape index (κ2) is 5.86. The Hall–Kier alpha value is -1.85. The first-order valence-corrected chi connectivity index (χ1v) is 5.93. The minimum Gasteiger partial charge on any atom is -0.271 e. The number of aromatic nitrogens is 1. The molecule has 100 valence electrons. The van der Waals surface area contributed by atoms with E-state index in [4.69, 9.17) is 5.84 Å². The lowest BCUT2D eigenvalue weighted by molar-refractivity contribution is 0.478. The molecule has 0 aliphatic heterocycles. The molecule has 1 atom stereocenters. The molecule has 5 heteroatoms. The van der Waals surface area contributed by atoms with E-state index in [-0.39, 0.29) is 18.0 Å². The molecule has 0 aliphatic rings. The number of aryl methyl sites for hydroxylation is 1. The summed E-state index contributed by atoms with van der Waals surface area (Å²) in [6.07, 6.45) is 1.90. The number of hydrogen-bond acceptors (Lipinski definition) is 3. The molecular formula is C14H15F2N3. The van der Waals surface area contributed by atoms with Crippen LogP contribution in [0.2, 0.25) is 0 Å². The van der Waals surface area contributed by atoms with E-state index in [1.54, 1.807) is 12.3 Å². The molecule has 19 heavy (non-hydrogen) atoms. The zero-order chi connectivity index (χ0) is 13.8. The standard InChI is InChI=1S/C14H15F2N3/c1-9-5-6-18-12(7-9)13(19-17)8-10-3-2-4-11(15)14(10)16/h2-7,13,19H,8,17H2,1H3. The minimum atomic E-state index is -0.856. The zero-order valence-corrected chi connectivity index (χ0v) is 10.5. The molecule has 0 saturated heterocycles. The van der Waals surface area contributed by atoms with Gasteiger partial charge >= 0.3 is 0 Å². The summed E-state index contributed by atoms with van der Waals surface area (Å²) in [4.78, 5) is 4.20. The van der Waals surface area contributed by atoms with Crippen molar-refractivity contribution in [3.63, 3.8) is 0 Å². The highest BCUT2D eigenvalue weighted by Crippen LogP contribution is 2.20. The molecule has 0 fully saturated rings. The summed E-state index contributed by atoms with van der Waals surface area (Å²) in [5.41, 5.74) is 4.59. The van der Waals surface area contributed by atoms with Gasteiger partial charge in [0, 0.05) is 6.20 Å². The molecular weight excluding hydrogens is 248 g/mol. The number of hydrazine groups is 1. The van der Waals surface area contributed by atoms with Crippen molar-refractivity contribution in [1.82, 2.24) is 10.4 Å². The van der Waals surface area contributed by atoms with Crippen LogP contribution in [0.25, 0.3) is 0 Å². The van der Waals surface area contributed by atoms with Gasteiger partial charge in [-0.25, -0.2) is 8.78 Å². The van der Waals surface area contributed by atoms with Gasteiger partial charge in [0.2, 0.25) is 0 Å². The highest BCUT2D eigenvalue weighted by Gasteiger charge is 2.16. The zero-order valence-electron chi connectivity index (χ0n) is 10.5. The monoisotopic (exact) mass is 263 g/mol. The second-order valence-electron chi connectivity index (χ2n) is 4.39. The van der Waals surface area contributed by atoms with Crippen LogP contribution >= 0.6 is 0 Å². The van der Waals surface area contributed by atoms with Crippen molar-refractivity contribution in [3.8, 4) is 0 Å². The number of nitrogens with zero attached hydrogens (tertiary/aromatic N) is 1. The van der Waals surface area contributed by atoms with E-state index in [1.165, 1.54) is 6.07 Å². The van der Waals surface area contributed by atoms with Crippen molar-refractivity contribution < 1.29 is 8.78 Å². The molecule has 1 aromatic carbocycles. The van der Waals surface area contributed by atoms with Crippen LogP contribution in [0.15, 0.2) is 36.5 Å². The van der Waals surface area contributed by atoms with Crippen LogP contribution in [0, 0.1) is 18.6 Å². The molecule has 1 unspecified atom stereocenters. The van der Waals surface area contributed by atoms with E-state index in [9.17, 15) is 8.78 Å². The van der Waals surface area contributed by atoms with Gasteiger partial charge in [0.05, 0.1) is 11.7 Å². The van der Waals surface area contributed by atoms with E-state index < -0.39 is 11.6 Å². The quantitative estimate of drug-likeness (QED) is 0.658. The Morgan fingerprint density at radius 2 is 2.11 bits per heavy atom. The van der Waals surface area contributed by atoms with E-state index in [1.807, 2.05) is 19.1 Å². The average molecular weight is 263 g/mol. The Morgan fingerprint density at radius 1 is 1.32 bits per heavy atom. The smallest absolute Gasteiger partial charge is 0.162 e. The first-order chi connectivity index (χ1) is 9.11. The maximum Gasteiger partial charge on any atom is 0.162 e. The summed E-state index contributed by atoms with van der Waals surface area (Å²) in [5.74, 6) is 3.79. The lowest BCUT2D eigenvalue weighted by atomic mass is 10.0. The van der Waals surface area contributed by atoms with Gasteiger partial charge in [-0.05, 0) is 42.7 Å². The average Bonchev–Trinajstić information content (AvgIpc) is 2.40. The van der Waals surface area contributed by atoms with Crippen LogP contribution < -0.4 is 11.3 Å². The summed E-state index contributed by atoms with van der Waals surface area (Å²) >= 11 is 0. The molecule has 0 bridgehead atoms. The fourth-order valence-electron chi connectivity index (χ4n) is 1.93. The Labute approximate surface area is 110 Å². The maximum absolute atomic E-state index is 13.6. The third-order valence-electron chi connectivity index (χ3n) is 2.95. The molecule has 2 rings (SSSR count). The summed E-state index contributed by atoms with van der Waals surface area (Å²) in [6, 6.07) is 7.47. The minimum absolute atomic E-state index is 0.233. The predicted molar refractivity (Wildman–Crippen MR) is 69.1 cm³/mol. The highest BCUT2D eigenvalue weighted by molar-refractivity contribution is 5.23. The van der Waals surface area contributed by atoms with Gasteiger partial charge in [0.15, 0.2) is 11.6 Å². The topological polar surface area (TPSA) is 50.9 Å². The summed E-state index contributed by atoms with van der Waals surface area (Å²) in [7, 11) is 0. The van der Waals surface area contributed by atoms with Crippen molar-refractivity contribution in [1.29, 1.82) is 0 Å². The van der Waals surface area contributed by atoms with Crippen LogP contribution in [-0.4, -0.2) is 4.98 Å². The van der Waals surface area contributed by atoms with Crippen LogP contribution in [0.5, 0.6) is 0 Å². The van der Waals surface area contributed by atoms with Crippen molar-refractivity contribution in [2.75, 3.05) is 0 Å². The van der Waals surface area contributed by atoms with Crippen molar-refractivity contribution in [3.05, 3.63) is 65.0 Å². The molecule has 3 nitrogen and oxygen atoms in total. The molecule has 1 heterocycles. The molecule has 0 spiro atoms. The molecule has 3 N–H and O–H groups in total. The Bertz CT molecular complexity index is 572. The SMILES string of the molecule is Cc1ccnc(C(Cc2cccc(F)c2F)NN)c1. The Morgan fingerprint density at radius 3 is 2.79 bits per heavy atom. The third kappa shape index (κ3) is 3.13. The second-order valence-corrected chi connectivity index (χ2v) is 4.39. The van der Waals surface area contributed by atoms with Crippen molar-refractivity contribution in [2.24, 2.45) is 5.84 Å². The van der Waals surface area contributed by atoms with Crippen LogP contribution in [0.3, 0.4) is 0 Å². The number of hydrogen-bond donors (Lipinski definition) is 2. The van der Waals surface area contributed by atoms with E-state index in [2.05, 4.69) is 10.4 Å². The van der Waals surface area contributed by atoms with Gasteiger partial charge in [0.25, 0.3) is 0 Å². The molecule has 0 radical (unpaired) electrons. The highest BCUT2D eigenvalue weighted by atomic mass is 19.2.